The number of ether oxygens (including phenoxy) is 1. The van der Waals surface area contributed by atoms with Crippen molar-refractivity contribution in [3.05, 3.63) is 48.7 Å². The Hall–Kier alpha value is -2.67. The zero-order valence-electron chi connectivity index (χ0n) is 14.4. The van der Waals surface area contributed by atoms with Crippen molar-refractivity contribution in [2.45, 2.75) is 38.8 Å². The molecule has 0 fully saturated rings. The molecule has 2 aromatic rings. The zero-order chi connectivity index (χ0) is 18.1. The number of hydrogen-bond acceptors (Lipinski definition) is 7. The highest BCUT2D eigenvalue weighted by Gasteiger charge is 2.12. The Balaban J connectivity index is 2.05. The number of aromatic nitrogens is 3. The summed E-state index contributed by atoms with van der Waals surface area (Å²) in [5.41, 5.74) is 1.05. The molecule has 0 aliphatic heterocycles. The van der Waals surface area contributed by atoms with Gasteiger partial charge in [-0.05, 0) is 18.6 Å². The highest BCUT2D eigenvalue weighted by Crippen LogP contribution is 2.22. The molecule has 2 rings (SSSR count). The first-order valence-electron chi connectivity index (χ1n) is 8.28. The summed E-state index contributed by atoms with van der Waals surface area (Å²) in [4.78, 5) is 12.4. The molecule has 3 N–H and O–H groups in total. The minimum atomic E-state index is -0.0889. The molecule has 7 heteroatoms. The Morgan fingerprint density at radius 1 is 1.40 bits per heavy atom. The predicted octanol–water partition coefficient (Wildman–Crippen LogP) is 2.94. The van der Waals surface area contributed by atoms with Gasteiger partial charge in [-0.3, -0.25) is 0 Å². The normalized spacial score (nSPS) is 11.8. The molecule has 2 aromatic heterocycles. The summed E-state index contributed by atoms with van der Waals surface area (Å²) < 4.78 is 5.76. The van der Waals surface area contributed by atoms with Gasteiger partial charge in [0, 0.05) is 0 Å². The zero-order valence-corrected chi connectivity index (χ0v) is 14.4. The Labute approximate surface area is 147 Å². The lowest BCUT2D eigenvalue weighted by atomic mass is 10.1. The van der Waals surface area contributed by atoms with Crippen LogP contribution in [-0.4, -0.2) is 37.8 Å². The van der Waals surface area contributed by atoms with Crippen molar-refractivity contribution in [2.24, 2.45) is 0 Å². The Morgan fingerprint density at radius 2 is 2.24 bits per heavy atom. The smallest absolute Gasteiger partial charge is 0.180 e. The van der Waals surface area contributed by atoms with Gasteiger partial charge in [0.2, 0.25) is 0 Å². The molecule has 2 heterocycles. The second kappa shape index (κ2) is 9.58. The van der Waals surface area contributed by atoms with Gasteiger partial charge in [0.05, 0.1) is 24.5 Å². The molecule has 0 aromatic carbocycles. The Kier molecular flexibility index (Phi) is 7.16. The fraction of sp³-hybridized carbons (Fsp3) is 0.389. The van der Waals surface area contributed by atoms with Gasteiger partial charge in [0.25, 0.3) is 0 Å². The third kappa shape index (κ3) is 5.72. The van der Waals surface area contributed by atoms with Crippen molar-refractivity contribution in [2.75, 3.05) is 11.9 Å². The molecule has 1 atom stereocenters. The number of hydrogen-bond donors (Lipinski definition) is 3. The van der Waals surface area contributed by atoms with Crippen LogP contribution in [0.3, 0.4) is 0 Å². The monoisotopic (exact) mass is 344 g/mol. The standard InChI is InChI=1S/C18H24N4O3/c1-3-4-6-14(10-23)22-18-17(9-19-12-20-18)25-11-15-7-5-8-16(21-15)13(2)24/h5,7-9,12,14,23-24H,2-4,6,10-11H2,1H3,(H,19,20,22). The number of aliphatic hydroxyl groups is 2. The molecule has 0 amide bonds. The van der Waals surface area contributed by atoms with Crippen molar-refractivity contribution in [3.63, 3.8) is 0 Å². The molecule has 1 unspecified atom stereocenters. The van der Waals surface area contributed by atoms with E-state index in [1.54, 1.807) is 24.4 Å². The molecular formula is C18H24N4O3. The molecule has 0 saturated carbocycles. The van der Waals surface area contributed by atoms with E-state index < -0.39 is 0 Å². The van der Waals surface area contributed by atoms with Crippen LogP contribution < -0.4 is 10.1 Å². The van der Waals surface area contributed by atoms with Gasteiger partial charge in [0.1, 0.15) is 24.4 Å². The SMILES string of the molecule is C=C(O)c1cccc(COc2cncnc2NC(CO)CCCC)n1. The van der Waals surface area contributed by atoms with Gasteiger partial charge >= 0.3 is 0 Å². The van der Waals surface area contributed by atoms with Gasteiger partial charge < -0.3 is 20.3 Å². The molecule has 0 radical (unpaired) electrons. The second-order valence-electron chi connectivity index (χ2n) is 5.65. The van der Waals surface area contributed by atoms with E-state index in [1.165, 1.54) is 6.33 Å². The van der Waals surface area contributed by atoms with Crippen LogP contribution in [-0.2, 0) is 6.61 Å². The molecule has 7 nitrogen and oxygen atoms in total. The van der Waals surface area contributed by atoms with E-state index >= 15 is 0 Å². The molecule has 0 bridgehead atoms. The summed E-state index contributed by atoms with van der Waals surface area (Å²) in [5, 5.41) is 22.1. The predicted molar refractivity (Wildman–Crippen MR) is 96.3 cm³/mol. The molecule has 25 heavy (non-hydrogen) atoms. The average molecular weight is 344 g/mol. The van der Waals surface area contributed by atoms with Gasteiger partial charge in [0.15, 0.2) is 11.6 Å². The molecule has 0 spiro atoms. The van der Waals surface area contributed by atoms with Crippen LogP contribution in [0.2, 0.25) is 0 Å². The molecule has 0 aliphatic carbocycles. The van der Waals surface area contributed by atoms with E-state index in [9.17, 15) is 10.2 Å². The lowest BCUT2D eigenvalue weighted by molar-refractivity contribution is 0.265. The van der Waals surface area contributed by atoms with Crippen LogP contribution in [0.1, 0.15) is 37.6 Å². The highest BCUT2D eigenvalue weighted by atomic mass is 16.5. The fourth-order valence-corrected chi connectivity index (χ4v) is 2.26. The number of nitrogens with zero attached hydrogens (tertiary/aromatic N) is 3. The van der Waals surface area contributed by atoms with Crippen LogP contribution in [0.5, 0.6) is 5.75 Å². The van der Waals surface area contributed by atoms with Crippen molar-refractivity contribution >= 4 is 11.6 Å². The lowest BCUT2D eigenvalue weighted by Crippen LogP contribution is -2.24. The maximum Gasteiger partial charge on any atom is 0.180 e. The largest absolute Gasteiger partial charge is 0.506 e. The first-order valence-corrected chi connectivity index (χ1v) is 8.28. The van der Waals surface area contributed by atoms with Crippen LogP contribution in [0.15, 0.2) is 37.3 Å². The van der Waals surface area contributed by atoms with E-state index in [0.717, 1.165) is 19.3 Å². The highest BCUT2D eigenvalue weighted by molar-refractivity contribution is 5.51. The molecule has 0 saturated heterocycles. The van der Waals surface area contributed by atoms with E-state index in [-0.39, 0.29) is 25.0 Å². The second-order valence-corrected chi connectivity index (χ2v) is 5.65. The van der Waals surface area contributed by atoms with Crippen LogP contribution >= 0.6 is 0 Å². The van der Waals surface area contributed by atoms with E-state index in [1.807, 2.05) is 0 Å². The molecule has 0 aliphatic rings. The van der Waals surface area contributed by atoms with Crippen LogP contribution in [0, 0.1) is 0 Å². The van der Waals surface area contributed by atoms with Gasteiger partial charge in [-0.15, -0.1) is 0 Å². The number of unbranched alkanes of at least 4 members (excludes halogenated alkanes) is 1. The molecule has 134 valence electrons. The number of pyridine rings is 1. The first-order chi connectivity index (χ1) is 12.1. The van der Waals surface area contributed by atoms with Crippen molar-refractivity contribution in [1.29, 1.82) is 0 Å². The number of rotatable bonds is 10. The summed E-state index contributed by atoms with van der Waals surface area (Å²) in [6.45, 7) is 5.79. The summed E-state index contributed by atoms with van der Waals surface area (Å²) in [7, 11) is 0. The summed E-state index contributed by atoms with van der Waals surface area (Å²) in [6.07, 6.45) is 5.92. The third-order valence-corrected chi connectivity index (χ3v) is 3.62. The molecular weight excluding hydrogens is 320 g/mol. The van der Waals surface area contributed by atoms with E-state index in [0.29, 0.717) is 23.0 Å². The van der Waals surface area contributed by atoms with Crippen molar-refractivity contribution in [1.82, 2.24) is 15.0 Å². The maximum absolute atomic E-state index is 9.51. The minimum Gasteiger partial charge on any atom is -0.506 e. The first kappa shape index (κ1) is 18.7. The summed E-state index contributed by atoms with van der Waals surface area (Å²) >= 11 is 0. The Bertz CT molecular complexity index is 694. The summed E-state index contributed by atoms with van der Waals surface area (Å²) in [6, 6.07) is 5.15. The fourth-order valence-electron chi connectivity index (χ4n) is 2.26. The van der Waals surface area contributed by atoms with Crippen LogP contribution in [0.4, 0.5) is 5.82 Å². The minimum absolute atomic E-state index is 0.0195. The number of nitrogens with one attached hydrogen (secondary N) is 1. The lowest BCUT2D eigenvalue weighted by Gasteiger charge is -2.18. The number of anilines is 1. The Morgan fingerprint density at radius 3 is 2.96 bits per heavy atom. The van der Waals surface area contributed by atoms with Crippen LogP contribution in [0.25, 0.3) is 5.76 Å². The van der Waals surface area contributed by atoms with Crippen molar-refractivity contribution in [3.8, 4) is 5.75 Å². The summed E-state index contributed by atoms with van der Waals surface area (Å²) in [5.74, 6) is 0.925. The van der Waals surface area contributed by atoms with Gasteiger partial charge in [-0.1, -0.05) is 32.4 Å². The van der Waals surface area contributed by atoms with Gasteiger partial charge in [-0.2, -0.15) is 0 Å². The third-order valence-electron chi connectivity index (χ3n) is 3.62. The van der Waals surface area contributed by atoms with E-state index in [4.69, 9.17) is 4.74 Å². The topological polar surface area (TPSA) is 100 Å². The van der Waals surface area contributed by atoms with E-state index in [2.05, 4.69) is 33.8 Å². The number of aliphatic hydroxyl groups excluding tert-OH is 2. The van der Waals surface area contributed by atoms with Crippen molar-refractivity contribution < 1.29 is 14.9 Å². The maximum atomic E-state index is 9.51. The average Bonchev–Trinajstić information content (AvgIpc) is 2.64. The quantitative estimate of drug-likeness (QED) is 0.570. The van der Waals surface area contributed by atoms with Gasteiger partial charge in [-0.25, -0.2) is 15.0 Å².